The summed E-state index contributed by atoms with van der Waals surface area (Å²) in [7, 11) is 0. The highest BCUT2D eigenvalue weighted by molar-refractivity contribution is 5.36. The van der Waals surface area contributed by atoms with Gasteiger partial charge in [-0.2, -0.15) is 0 Å². The molecule has 0 heterocycles. The van der Waals surface area contributed by atoms with Crippen molar-refractivity contribution < 1.29 is 0 Å². The molecule has 2 aliphatic carbocycles. The van der Waals surface area contributed by atoms with E-state index in [1.807, 2.05) is 0 Å². The van der Waals surface area contributed by atoms with Crippen molar-refractivity contribution in [1.29, 1.82) is 0 Å². The van der Waals surface area contributed by atoms with Crippen LogP contribution in [0.1, 0.15) is 19.3 Å². The Labute approximate surface area is 55.6 Å². The second-order valence-electron chi connectivity index (χ2n) is 2.68. The first-order chi connectivity index (χ1) is 4.45. The number of allylic oxidation sites excluding steroid dienone is 6. The van der Waals surface area contributed by atoms with Gasteiger partial charge in [0, 0.05) is 0 Å². The van der Waals surface area contributed by atoms with E-state index in [4.69, 9.17) is 0 Å². The molecular weight excluding hydrogens is 108 g/mol. The van der Waals surface area contributed by atoms with E-state index in [1.54, 1.807) is 5.57 Å². The molecule has 9 heavy (non-hydrogen) atoms. The van der Waals surface area contributed by atoms with Gasteiger partial charge in [-0.15, -0.1) is 0 Å². The maximum atomic E-state index is 2.33. The molecule has 0 atom stereocenters. The lowest BCUT2D eigenvalue weighted by Crippen LogP contribution is -1.66. The zero-order valence-electron chi connectivity index (χ0n) is 5.43. The lowest BCUT2D eigenvalue weighted by molar-refractivity contribution is 1.33. The summed E-state index contributed by atoms with van der Waals surface area (Å²) < 4.78 is 0. The second-order valence-corrected chi connectivity index (χ2v) is 2.68. The van der Waals surface area contributed by atoms with Crippen molar-refractivity contribution in [3.63, 3.8) is 0 Å². The van der Waals surface area contributed by atoms with Crippen molar-refractivity contribution in [3.8, 4) is 0 Å². The van der Waals surface area contributed by atoms with Gasteiger partial charge >= 0.3 is 0 Å². The Morgan fingerprint density at radius 3 is 2.78 bits per heavy atom. The largest absolute Gasteiger partial charge is 0.0801 e. The van der Waals surface area contributed by atoms with Crippen molar-refractivity contribution in [3.05, 3.63) is 35.5 Å². The minimum absolute atomic E-state index is 1.16. The molecule has 0 spiro atoms. The van der Waals surface area contributed by atoms with Crippen molar-refractivity contribution in [2.45, 2.75) is 19.3 Å². The lowest BCUT2D eigenvalue weighted by atomic mass is 10.2. The first-order valence-corrected chi connectivity index (χ1v) is 3.50. The first kappa shape index (κ1) is 5.04. The summed E-state index contributed by atoms with van der Waals surface area (Å²) in [5.41, 5.74) is 3.12. The maximum absolute atomic E-state index is 2.33. The van der Waals surface area contributed by atoms with Crippen molar-refractivity contribution in [2.24, 2.45) is 0 Å². The average Bonchev–Trinajstić information content (AvgIpc) is 2.46. The summed E-state index contributed by atoms with van der Waals surface area (Å²) in [6, 6.07) is 0. The number of hydrogen-bond acceptors (Lipinski definition) is 0. The van der Waals surface area contributed by atoms with Gasteiger partial charge < -0.3 is 0 Å². The van der Waals surface area contributed by atoms with Crippen LogP contribution in [0.25, 0.3) is 0 Å². The third-order valence-electron chi connectivity index (χ3n) is 1.73. The Bertz CT molecular complexity index is 198. The van der Waals surface area contributed by atoms with Gasteiger partial charge in [-0.3, -0.25) is 0 Å². The average molecular weight is 118 g/mol. The molecule has 0 radical (unpaired) electrons. The predicted molar refractivity (Wildman–Crippen MR) is 39.2 cm³/mol. The van der Waals surface area contributed by atoms with Crippen molar-refractivity contribution >= 4 is 0 Å². The van der Waals surface area contributed by atoms with E-state index in [-0.39, 0.29) is 0 Å². The molecule has 0 aromatic heterocycles. The van der Waals surface area contributed by atoms with E-state index in [1.165, 1.54) is 18.4 Å². The highest BCUT2D eigenvalue weighted by Crippen LogP contribution is 2.30. The Hall–Kier alpha value is -0.780. The molecule has 0 amide bonds. The van der Waals surface area contributed by atoms with Crippen LogP contribution in [0.4, 0.5) is 0 Å². The predicted octanol–water partition coefficient (Wildman–Crippen LogP) is 2.59. The van der Waals surface area contributed by atoms with Gasteiger partial charge in [0.25, 0.3) is 0 Å². The fourth-order valence-corrected chi connectivity index (χ4v) is 1.05. The van der Waals surface area contributed by atoms with Crippen LogP contribution >= 0.6 is 0 Å². The summed E-state index contributed by atoms with van der Waals surface area (Å²) in [5.74, 6) is 0. The van der Waals surface area contributed by atoms with E-state index in [9.17, 15) is 0 Å². The molecule has 0 heteroatoms. The molecule has 46 valence electrons. The Kier molecular flexibility index (Phi) is 1.05. The van der Waals surface area contributed by atoms with Gasteiger partial charge in [0.15, 0.2) is 0 Å². The van der Waals surface area contributed by atoms with Gasteiger partial charge in [0.05, 0.1) is 0 Å². The smallest absolute Gasteiger partial charge is 0.00943 e. The van der Waals surface area contributed by atoms with E-state index >= 15 is 0 Å². The monoisotopic (exact) mass is 118 g/mol. The van der Waals surface area contributed by atoms with E-state index in [2.05, 4.69) is 24.3 Å². The lowest BCUT2D eigenvalue weighted by Gasteiger charge is -1.86. The Morgan fingerprint density at radius 2 is 2.22 bits per heavy atom. The number of rotatable bonds is 1. The van der Waals surface area contributed by atoms with Crippen molar-refractivity contribution in [1.82, 2.24) is 0 Å². The zero-order valence-corrected chi connectivity index (χ0v) is 5.43. The molecular formula is C9H10. The molecule has 1 saturated carbocycles. The molecule has 0 nitrogen and oxygen atoms in total. The van der Waals surface area contributed by atoms with Crippen LogP contribution in [0.15, 0.2) is 35.5 Å². The summed E-state index contributed by atoms with van der Waals surface area (Å²) in [6.07, 6.45) is 12.7. The van der Waals surface area contributed by atoms with Crippen LogP contribution in [0.5, 0.6) is 0 Å². The van der Waals surface area contributed by atoms with Crippen molar-refractivity contribution in [2.75, 3.05) is 0 Å². The molecule has 0 aromatic carbocycles. The van der Waals surface area contributed by atoms with Gasteiger partial charge in [0.1, 0.15) is 0 Å². The normalized spacial score (nSPS) is 22.2. The standard InChI is InChI=1S/C9H10/c1-2-4-8(3-1)7-9-5-6-9/h1-3,7H,4-6H2. The molecule has 0 aliphatic heterocycles. The van der Waals surface area contributed by atoms with Crippen LogP contribution in [0.2, 0.25) is 0 Å². The molecule has 0 aromatic rings. The van der Waals surface area contributed by atoms with Crippen LogP contribution in [-0.2, 0) is 0 Å². The topological polar surface area (TPSA) is 0 Å². The molecule has 1 fully saturated rings. The maximum Gasteiger partial charge on any atom is -0.00943 e. The minimum atomic E-state index is 1.16. The van der Waals surface area contributed by atoms with Crippen LogP contribution in [0, 0.1) is 0 Å². The quantitative estimate of drug-likeness (QED) is 0.496. The van der Waals surface area contributed by atoms with Gasteiger partial charge in [0.2, 0.25) is 0 Å². The molecule has 0 saturated heterocycles. The van der Waals surface area contributed by atoms with E-state index < -0.39 is 0 Å². The molecule has 2 aliphatic rings. The third kappa shape index (κ3) is 1.13. The minimum Gasteiger partial charge on any atom is -0.0801 e. The highest BCUT2D eigenvalue weighted by Gasteiger charge is 2.10. The summed E-state index contributed by atoms with van der Waals surface area (Å²) >= 11 is 0. The first-order valence-electron chi connectivity index (χ1n) is 3.50. The highest BCUT2D eigenvalue weighted by atomic mass is 14.2. The van der Waals surface area contributed by atoms with Crippen LogP contribution in [-0.4, -0.2) is 0 Å². The Balaban J connectivity index is 2.07. The van der Waals surface area contributed by atoms with Gasteiger partial charge in [-0.05, 0) is 24.8 Å². The SMILES string of the molecule is C1=CCC(C=C2CC2)=C1. The second kappa shape index (κ2) is 1.87. The molecule has 2 rings (SSSR count). The van der Waals surface area contributed by atoms with E-state index in [0.29, 0.717) is 0 Å². The van der Waals surface area contributed by atoms with Gasteiger partial charge in [-0.1, -0.05) is 29.9 Å². The van der Waals surface area contributed by atoms with E-state index in [0.717, 1.165) is 6.42 Å². The molecule has 0 bridgehead atoms. The van der Waals surface area contributed by atoms with Crippen LogP contribution in [0.3, 0.4) is 0 Å². The fraction of sp³-hybridized carbons (Fsp3) is 0.333. The molecule has 0 N–H and O–H groups in total. The fourth-order valence-electron chi connectivity index (χ4n) is 1.05. The molecule has 0 unspecified atom stereocenters. The number of hydrogen-bond donors (Lipinski definition) is 0. The Morgan fingerprint density at radius 1 is 1.33 bits per heavy atom. The third-order valence-corrected chi connectivity index (χ3v) is 1.73. The van der Waals surface area contributed by atoms with Gasteiger partial charge in [-0.25, -0.2) is 0 Å². The van der Waals surface area contributed by atoms with Crippen LogP contribution < -0.4 is 0 Å². The zero-order chi connectivity index (χ0) is 6.10. The summed E-state index contributed by atoms with van der Waals surface area (Å²) in [6.45, 7) is 0. The summed E-state index contributed by atoms with van der Waals surface area (Å²) in [5, 5.41) is 0. The summed E-state index contributed by atoms with van der Waals surface area (Å²) in [4.78, 5) is 0.